The largest absolute Gasteiger partial charge is 0.336 e. The van der Waals surface area contributed by atoms with Gasteiger partial charge >= 0.3 is 0 Å². The Kier molecular flexibility index (Phi) is 5.06. The molecule has 0 unspecified atom stereocenters. The molecule has 0 bridgehead atoms. The summed E-state index contributed by atoms with van der Waals surface area (Å²) >= 11 is 0. The molecule has 1 N–H and O–H groups in total. The van der Waals surface area contributed by atoms with Gasteiger partial charge in [0.2, 0.25) is 17.7 Å². The zero-order valence-corrected chi connectivity index (χ0v) is 15.5. The first-order chi connectivity index (χ1) is 13.6. The molecule has 28 heavy (non-hydrogen) atoms. The first-order valence-electron chi connectivity index (χ1n) is 9.50. The Labute approximate surface area is 163 Å². The second kappa shape index (κ2) is 7.80. The van der Waals surface area contributed by atoms with Crippen molar-refractivity contribution in [1.29, 1.82) is 0 Å². The fourth-order valence-corrected chi connectivity index (χ4v) is 3.74. The first-order valence-corrected chi connectivity index (χ1v) is 9.50. The summed E-state index contributed by atoms with van der Waals surface area (Å²) in [6.07, 6.45) is 3.22. The molecule has 0 spiro atoms. The van der Waals surface area contributed by atoms with E-state index < -0.39 is 5.92 Å². The molecule has 2 fully saturated rings. The third-order valence-electron chi connectivity index (χ3n) is 5.19. The summed E-state index contributed by atoms with van der Waals surface area (Å²) in [6, 6.07) is 12.9. The zero-order valence-electron chi connectivity index (χ0n) is 15.5. The van der Waals surface area contributed by atoms with Gasteiger partial charge in [-0.05, 0) is 30.7 Å². The zero-order chi connectivity index (χ0) is 19.5. The normalized spacial score (nSPS) is 19.4. The van der Waals surface area contributed by atoms with Crippen LogP contribution in [0.5, 0.6) is 0 Å². The Morgan fingerprint density at radius 1 is 1.11 bits per heavy atom. The third kappa shape index (κ3) is 3.74. The minimum Gasteiger partial charge on any atom is -0.336 e. The van der Waals surface area contributed by atoms with Crippen LogP contribution in [0.25, 0.3) is 0 Å². The van der Waals surface area contributed by atoms with Gasteiger partial charge in [0.05, 0.1) is 29.5 Å². The number of hydrogen-bond donors (Lipinski definition) is 1. The van der Waals surface area contributed by atoms with Crippen molar-refractivity contribution in [1.82, 2.24) is 9.88 Å². The molecule has 2 aromatic rings. The number of anilines is 2. The van der Waals surface area contributed by atoms with Crippen LogP contribution in [0.1, 0.15) is 25.0 Å². The van der Waals surface area contributed by atoms with Crippen LogP contribution in [-0.4, -0.2) is 40.7 Å². The van der Waals surface area contributed by atoms with E-state index in [1.807, 2.05) is 36.4 Å². The number of para-hydroxylation sites is 2. The highest BCUT2D eigenvalue weighted by molar-refractivity contribution is 6.03. The number of likely N-dealkylation sites (tertiary alicyclic amines) is 1. The second-order valence-electron chi connectivity index (χ2n) is 7.15. The SMILES string of the molecule is O=C(Nc1ccccc1N1CCCC1=O)[C@@H]1CC(=O)N(Cc2ccccn2)C1. The van der Waals surface area contributed by atoms with E-state index in [4.69, 9.17) is 0 Å². The molecule has 1 aromatic heterocycles. The maximum atomic E-state index is 12.8. The van der Waals surface area contributed by atoms with Gasteiger partial charge in [0.15, 0.2) is 0 Å². The minimum atomic E-state index is -0.418. The monoisotopic (exact) mass is 378 g/mol. The third-order valence-corrected chi connectivity index (χ3v) is 5.19. The molecule has 144 valence electrons. The molecule has 0 saturated carbocycles. The summed E-state index contributed by atoms with van der Waals surface area (Å²) in [6.45, 7) is 1.43. The van der Waals surface area contributed by atoms with Gasteiger partial charge in [-0.2, -0.15) is 0 Å². The Morgan fingerprint density at radius 2 is 1.93 bits per heavy atom. The van der Waals surface area contributed by atoms with Crippen molar-refractivity contribution in [3.8, 4) is 0 Å². The lowest BCUT2D eigenvalue weighted by Gasteiger charge is -2.21. The quantitative estimate of drug-likeness (QED) is 0.865. The standard InChI is InChI=1S/C21H22N4O3/c26-19-9-5-11-25(19)18-8-2-1-7-17(18)23-21(28)15-12-20(27)24(13-15)14-16-6-3-4-10-22-16/h1-4,6-8,10,15H,5,9,11-14H2,(H,23,28)/t15-/m1/s1. The average Bonchev–Trinajstić information content (AvgIpc) is 3.29. The molecule has 0 aliphatic carbocycles. The molecular weight excluding hydrogens is 356 g/mol. The number of carbonyl (C=O) groups excluding carboxylic acids is 3. The molecule has 1 aromatic carbocycles. The van der Waals surface area contributed by atoms with E-state index in [0.717, 1.165) is 12.1 Å². The van der Waals surface area contributed by atoms with E-state index in [1.54, 1.807) is 22.1 Å². The number of amides is 3. The van der Waals surface area contributed by atoms with Gasteiger partial charge in [0, 0.05) is 32.1 Å². The Bertz CT molecular complexity index is 900. The molecule has 2 saturated heterocycles. The lowest BCUT2D eigenvalue weighted by molar-refractivity contribution is -0.128. The van der Waals surface area contributed by atoms with Crippen LogP contribution in [0.2, 0.25) is 0 Å². The Balaban J connectivity index is 1.43. The minimum absolute atomic E-state index is 0.0474. The van der Waals surface area contributed by atoms with Crippen LogP contribution in [0.4, 0.5) is 11.4 Å². The van der Waals surface area contributed by atoms with Gasteiger partial charge in [-0.25, -0.2) is 0 Å². The maximum absolute atomic E-state index is 12.8. The first kappa shape index (κ1) is 18.2. The highest BCUT2D eigenvalue weighted by Crippen LogP contribution is 2.30. The van der Waals surface area contributed by atoms with E-state index in [1.165, 1.54) is 0 Å². The molecule has 3 heterocycles. The molecule has 7 nitrogen and oxygen atoms in total. The average molecular weight is 378 g/mol. The van der Waals surface area contributed by atoms with Gasteiger partial charge in [-0.1, -0.05) is 18.2 Å². The second-order valence-corrected chi connectivity index (χ2v) is 7.15. The highest BCUT2D eigenvalue weighted by atomic mass is 16.2. The van der Waals surface area contributed by atoms with Crippen molar-refractivity contribution in [3.05, 3.63) is 54.4 Å². The predicted molar refractivity (Wildman–Crippen MR) is 104 cm³/mol. The van der Waals surface area contributed by atoms with Crippen LogP contribution < -0.4 is 10.2 Å². The Morgan fingerprint density at radius 3 is 2.68 bits per heavy atom. The van der Waals surface area contributed by atoms with E-state index in [2.05, 4.69) is 10.3 Å². The van der Waals surface area contributed by atoms with Crippen LogP contribution >= 0.6 is 0 Å². The van der Waals surface area contributed by atoms with E-state index in [0.29, 0.717) is 37.4 Å². The highest BCUT2D eigenvalue weighted by Gasteiger charge is 2.35. The number of nitrogens with one attached hydrogen (secondary N) is 1. The number of pyridine rings is 1. The fraction of sp³-hybridized carbons (Fsp3) is 0.333. The van der Waals surface area contributed by atoms with E-state index in [9.17, 15) is 14.4 Å². The fourth-order valence-electron chi connectivity index (χ4n) is 3.74. The van der Waals surface area contributed by atoms with Crippen molar-refractivity contribution in [2.75, 3.05) is 23.3 Å². The van der Waals surface area contributed by atoms with Gasteiger partial charge in [-0.3, -0.25) is 19.4 Å². The molecule has 1 atom stereocenters. The number of benzene rings is 1. The van der Waals surface area contributed by atoms with E-state index in [-0.39, 0.29) is 24.1 Å². The predicted octanol–water partition coefficient (Wildman–Crippen LogP) is 2.20. The van der Waals surface area contributed by atoms with Crippen molar-refractivity contribution in [2.24, 2.45) is 5.92 Å². The lowest BCUT2D eigenvalue weighted by atomic mass is 10.1. The summed E-state index contributed by atoms with van der Waals surface area (Å²) in [5.74, 6) is -0.595. The van der Waals surface area contributed by atoms with Crippen molar-refractivity contribution >= 4 is 29.1 Å². The molecule has 4 rings (SSSR count). The Hall–Kier alpha value is -3.22. The molecule has 0 radical (unpaired) electrons. The van der Waals surface area contributed by atoms with Gasteiger partial charge in [0.25, 0.3) is 0 Å². The molecule has 7 heteroatoms. The topological polar surface area (TPSA) is 82.6 Å². The summed E-state index contributed by atoms with van der Waals surface area (Å²) in [5, 5.41) is 2.93. The van der Waals surface area contributed by atoms with Gasteiger partial charge in [-0.15, -0.1) is 0 Å². The number of nitrogens with zero attached hydrogens (tertiary/aromatic N) is 3. The van der Waals surface area contributed by atoms with Gasteiger partial charge in [0.1, 0.15) is 0 Å². The van der Waals surface area contributed by atoms with Crippen molar-refractivity contribution < 1.29 is 14.4 Å². The van der Waals surface area contributed by atoms with Crippen LogP contribution in [0, 0.1) is 5.92 Å². The number of carbonyl (C=O) groups is 3. The summed E-state index contributed by atoms with van der Waals surface area (Å²) in [5.41, 5.74) is 2.13. The summed E-state index contributed by atoms with van der Waals surface area (Å²) in [7, 11) is 0. The number of hydrogen-bond acceptors (Lipinski definition) is 4. The molecule has 2 aliphatic heterocycles. The van der Waals surface area contributed by atoms with Gasteiger partial charge < -0.3 is 15.1 Å². The lowest BCUT2D eigenvalue weighted by Crippen LogP contribution is -2.29. The molecule has 3 amide bonds. The summed E-state index contributed by atoms with van der Waals surface area (Å²) in [4.78, 5) is 44.8. The number of rotatable bonds is 5. The van der Waals surface area contributed by atoms with Crippen LogP contribution in [0.15, 0.2) is 48.7 Å². The summed E-state index contributed by atoms with van der Waals surface area (Å²) < 4.78 is 0. The molecule has 2 aliphatic rings. The van der Waals surface area contributed by atoms with Crippen LogP contribution in [-0.2, 0) is 20.9 Å². The van der Waals surface area contributed by atoms with E-state index >= 15 is 0 Å². The maximum Gasteiger partial charge on any atom is 0.229 e. The molecular formula is C21H22N4O3. The van der Waals surface area contributed by atoms with Crippen LogP contribution in [0.3, 0.4) is 0 Å². The van der Waals surface area contributed by atoms with Crippen molar-refractivity contribution in [2.45, 2.75) is 25.8 Å². The smallest absolute Gasteiger partial charge is 0.229 e. The number of aromatic nitrogens is 1. The van der Waals surface area contributed by atoms with Crippen molar-refractivity contribution in [3.63, 3.8) is 0 Å².